The zero-order chi connectivity index (χ0) is 14.8. The van der Waals surface area contributed by atoms with E-state index in [1.807, 2.05) is 13.2 Å². The molecular formula is C11H13F5N2S. The van der Waals surface area contributed by atoms with E-state index in [1.165, 1.54) is 6.07 Å². The first-order chi connectivity index (χ1) is 8.61. The highest BCUT2D eigenvalue weighted by atomic mass is 32.2. The van der Waals surface area contributed by atoms with Crippen LogP contribution in [0.3, 0.4) is 0 Å². The number of halogens is 5. The summed E-state index contributed by atoms with van der Waals surface area (Å²) in [6.45, 7) is 1.81. The minimum Gasteiger partial charge on any atom is -0.268 e. The van der Waals surface area contributed by atoms with Gasteiger partial charge in [0.2, 0.25) is 0 Å². The van der Waals surface area contributed by atoms with Gasteiger partial charge in [0, 0.05) is 18.5 Å². The van der Waals surface area contributed by atoms with Crippen molar-refractivity contribution < 1.29 is 22.0 Å². The van der Waals surface area contributed by atoms with Crippen LogP contribution in [-0.2, 0) is 16.6 Å². The molecule has 0 amide bonds. The molecule has 1 rings (SSSR count). The molecule has 19 heavy (non-hydrogen) atoms. The maximum Gasteiger partial charge on any atom is 0.459 e. The normalized spacial score (nSPS) is 16.4. The Morgan fingerprint density at radius 2 is 1.79 bits per heavy atom. The number of rotatable bonds is 3. The molecule has 0 N–H and O–H groups in total. The molecule has 1 aromatic rings. The van der Waals surface area contributed by atoms with E-state index in [4.69, 9.17) is 0 Å². The molecule has 0 saturated carbocycles. The van der Waals surface area contributed by atoms with Crippen LogP contribution < -0.4 is 0 Å². The van der Waals surface area contributed by atoms with Gasteiger partial charge < -0.3 is 0 Å². The Hall–Kier alpha value is -1.05. The number of pyridine rings is 1. The maximum atomic E-state index is 13.0. The third kappa shape index (κ3) is 3.29. The largest absolute Gasteiger partial charge is 0.459 e. The van der Waals surface area contributed by atoms with Crippen LogP contribution in [0.15, 0.2) is 22.7 Å². The average Bonchev–Trinajstić information content (AvgIpc) is 2.35. The molecule has 0 bridgehead atoms. The second kappa shape index (κ2) is 5.52. The number of nitrogens with zero attached hydrogens (tertiary/aromatic N) is 2. The zero-order valence-corrected chi connectivity index (χ0v) is 11.3. The molecule has 0 aromatic carbocycles. The molecule has 1 aromatic heterocycles. The fourth-order valence-electron chi connectivity index (χ4n) is 1.33. The molecule has 0 saturated heterocycles. The molecule has 1 heterocycles. The average molecular weight is 300 g/mol. The summed E-state index contributed by atoms with van der Waals surface area (Å²) in [6.07, 6.45) is -2.74. The highest BCUT2D eigenvalue weighted by Crippen LogP contribution is 2.43. The molecule has 0 fully saturated rings. The second-order valence-corrected chi connectivity index (χ2v) is 6.02. The van der Waals surface area contributed by atoms with Crippen LogP contribution >= 0.6 is 0 Å². The van der Waals surface area contributed by atoms with Crippen LogP contribution in [-0.4, -0.2) is 24.5 Å². The zero-order valence-electron chi connectivity index (χ0n) is 10.5. The minimum absolute atomic E-state index is 0.0777. The number of hydrogen-bond donors (Lipinski definition) is 0. The van der Waals surface area contributed by atoms with Gasteiger partial charge >= 0.3 is 12.1 Å². The lowest BCUT2D eigenvalue weighted by Gasteiger charge is -2.19. The maximum absolute atomic E-state index is 13.0. The van der Waals surface area contributed by atoms with Gasteiger partial charge in [-0.15, -0.1) is 0 Å². The van der Waals surface area contributed by atoms with Crippen molar-refractivity contribution in [3.63, 3.8) is 0 Å². The fraction of sp³-hybridized carbons (Fsp3) is 0.545. The summed E-state index contributed by atoms with van der Waals surface area (Å²) in [5, 5.41) is -0.0777. The summed E-state index contributed by atoms with van der Waals surface area (Å²) in [4.78, 5) is 3.25. The Morgan fingerprint density at radius 1 is 1.21 bits per heavy atom. The van der Waals surface area contributed by atoms with Gasteiger partial charge in [-0.05, 0) is 24.8 Å². The lowest BCUT2D eigenvalue weighted by molar-refractivity contribution is -0.290. The van der Waals surface area contributed by atoms with Gasteiger partial charge in [-0.2, -0.15) is 22.0 Å². The van der Waals surface area contributed by atoms with Crippen LogP contribution in [0.1, 0.15) is 23.4 Å². The summed E-state index contributed by atoms with van der Waals surface area (Å²) >= 11 is 0. The Balaban J connectivity index is 3.07. The fourth-order valence-corrected chi connectivity index (χ4v) is 2.18. The van der Waals surface area contributed by atoms with E-state index in [1.54, 1.807) is 7.05 Å². The first kappa shape index (κ1) is 16.0. The minimum atomic E-state index is -5.64. The highest BCUT2D eigenvalue weighted by Gasteiger charge is 2.59. The second-order valence-electron chi connectivity index (χ2n) is 3.90. The van der Waals surface area contributed by atoms with E-state index in [0.717, 1.165) is 6.20 Å². The van der Waals surface area contributed by atoms with Crippen LogP contribution in [0.4, 0.5) is 22.0 Å². The topological polar surface area (TPSA) is 25.2 Å². The Bertz CT molecular complexity index is 467. The number of aromatic nitrogens is 1. The van der Waals surface area contributed by atoms with E-state index in [9.17, 15) is 22.0 Å². The summed E-state index contributed by atoms with van der Waals surface area (Å²) in [5.74, 6) is -4.93. The Kier molecular flexibility index (Phi) is 4.65. The predicted molar refractivity (Wildman–Crippen MR) is 64.2 cm³/mol. The van der Waals surface area contributed by atoms with Crippen molar-refractivity contribution in [2.24, 2.45) is 4.36 Å². The lowest BCUT2D eigenvalue weighted by atomic mass is 10.1. The summed E-state index contributed by atoms with van der Waals surface area (Å²) in [5.41, 5.74) is -0.710. The van der Waals surface area contributed by atoms with Crippen molar-refractivity contribution in [3.8, 4) is 0 Å². The third-order valence-electron chi connectivity index (χ3n) is 2.73. The molecular weight excluding hydrogens is 287 g/mol. The van der Waals surface area contributed by atoms with Crippen molar-refractivity contribution >= 4 is 10.7 Å². The van der Waals surface area contributed by atoms with Crippen molar-refractivity contribution in [1.82, 2.24) is 4.98 Å². The van der Waals surface area contributed by atoms with Crippen LogP contribution in [0.5, 0.6) is 0 Å². The van der Waals surface area contributed by atoms with E-state index >= 15 is 0 Å². The van der Waals surface area contributed by atoms with Crippen LogP contribution in [0.2, 0.25) is 0 Å². The molecule has 108 valence electrons. The molecule has 0 spiro atoms. The van der Waals surface area contributed by atoms with Crippen molar-refractivity contribution in [2.45, 2.75) is 24.3 Å². The van der Waals surface area contributed by atoms with E-state index < -0.39 is 17.8 Å². The quantitative estimate of drug-likeness (QED) is 0.778. The van der Waals surface area contributed by atoms with Crippen LogP contribution in [0.25, 0.3) is 0 Å². The lowest BCUT2D eigenvalue weighted by Crippen LogP contribution is -2.34. The summed E-state index contributed by atoms with van der Waals surface area (Å²) in [7, 11) is 1.28. The molecule has 0 aliphatic heterocycles. The first-order valence-corrected chi connectivity index (χ1v) is 6.92. The van der Waals surface area contributed by atoms with Gasteiger partial charge in [0.15, 0.2) is 0 Å². The first-order valence-electron chi connectivity index (χ1n) is 5.27. The van der Waals surface area contributed by atoms with Crippen molar-refractivity contribution in [2.75, 3.05) is 13.3 Å². The van der Waals surface area contributed by atoms with E-state index in [-0.39, 0.29) is 15.9 Å². The molecule has 8 heteroatoms. The van der Waals surface area contributed by atoms with Crippen molar-refractivity contribution in [3.05, 3.63) is 29.6 Å². The van der Waals surface area contributed by atoms with Crippen LogP contribution in [0, 0.1) is 0 Å². The molecule has 2 nitrogen and oxygen atoms in total. The number of hydrogen-bond acceptors (Lipinski definition) is 2. The third-order valence-corrected chi connectivity index (χ3v) is 4.60. The standard InChI is InChI=1S/C11H13F5N2S/c1-7(19(3)17-2)8-4-5-9(18-6-8)10(12,13)11(14,15)16/h4-7H,1-3H3. The highest BCUT2D eigenvalue weighted by molar-refractivity contribution is 7.86. The van der Waals surface area contributed by atoms with E-state index in [0.29, 0.717) is 11.6 Å². The Morgan fingerprint density at radius 3 is 2.16 bits per heavy atom. The van der Waals surface area contributed by atoms with Gasteiger partial charge in [-0.25, -0.2) is 0 Å². The monoisotopic (exact) mass is 300 g/mol. The smallest absolute Gasteiger partial charge is 0.268 e. The Labute approximate surface area is 110 Å². The molecule has 0 radical (unpaired) electrons. The SMILES string of the molecule is CN=S(C)C(C)c1ccc(C(F)(F)C(F)(F)F)nc1. The molecule has 0 aliphatic rings. The van der Waals surface area contributed by atoms with E-state index in [2.05, 4.69) is 9.35 Å². The molecule has 2 unspecified atom stereocenters. The van der Waals surface area contributed by atoms with Gasteiger partial charge in [-0.1, -0.05) is 16.8 Å². The van der Waals surface area contributed by atoms with Gasteiger partial charge in [0.1, 0.15) is 5.69 Å². The molecule has 2 atom stereocenters. The van der Waals surface area contributed by atoms with Crippen molar-refractivity contribution in [1.29, 1.82) is 0 Å². The predicted octanol–water partition coefficient (Wildman–Crippen LogP) is 3.86. The van der Waals surface area contributed by atoms with Gasteiger partial charge in [0.05, 0.1) is 0 Å². The molecule has 0 aliphatic carbocycles. The number of alkyl halides is 5. The summed E-state index contributed by atoms with van der Waals surface area (Å²) < 4.78 is 66.6. The summed E-state index contributed by atoms with van der Waals surface area (Å²) in [6, 6.07) is 1.95. The van der Waals surface area contributed by atoms with Gasteiger partial charge in [0.25, 0.3) is 0 Å². The van der Waals surface area contributed by atoms with Gasteiger partial charge in [-0.3, -0.25) is 9.35 Å².